The van der Waals surface area contributed by atoms with E-state index in [-0.39, 0.29) is 137 Å². The molecule has 0 amide bonds. The zero-order chi connectivity index (χ0) is 0. The maximum absolute atomic E-state index is 0. The second-order valence-corrected chi connectivity index (χ2v) is 0. The van der Waals surface area contributed by atoms with Crippen LogP contribution in [0.5, 0.6) is 0 Å². The van der Waals surface area contributed by atoms with E-state index in [2.05, 4.69) is 0 Å². The molecule has 0 aromatic rings. The monoisotopic (exact) mass is 553 g/mol. The van der Waals surface area contributed by atoms with Crippen LogP contribution >= 0.6 is 0 Å². The van der Waals surface area contributed by atoms with Gasteiger partial charge in [-0.05, 0) is 0 Å². The molecule has 0 rings (SSSR count). The van der Waals surface area contributed by atoms with Crippen molar-refractivity contribution < 1.29 is 45.9 Å². The van der Waals surface area contributed by atoms with Crippen molar-refractivity contribution in [3.8, 4) is 0 Å². The van der Waals surface area contributed by atoms with Gasteiger partial charge in [0, 0.05) is 45.9 Å². The zero-order valence-corrected chi connectivity index (χ0v) is 6.82. The Morgan fingerprint density at radius 1 is 0.750 bits per heavy atom. The fourth-order valence-electron chi connectivity index (χ4n) is 0. The molecule has 0 bridgehead atoms. The molecule has 0 aliphatic carbocycles. The molecule has 1 radical (unpaired) electrons. The van der Waals surface area contributed by atoms with Crippen LogP contribution in [0.1, 0.15) is 0 Å². The third-order valence-corrected chi connectivity index (χ3v) is 0. The molecule has 4 heteroatoms. The molecule has 4 heavy (non-hydrogen) atoms. The van der Waals surface area contributed by atoms with Crippen molar-refractivity contribution in [3.05, 3.63) is 0 Å². The zero-order valence-electron chi connectivity index (χ0n) is 0.833. The molecular weight excluding hydrogens is 546 g/mol. The number of hydrogen-bond acceptors (Lipinski definition) is 0. The van der Waals surface area contributed by atoms with Crippen molar-refractivity contribution in [2.75, 3.05) is 0 Å². The minimum atomic E-state index is 0. The third kappa shape index (κ3) is 9.70. The van der Waals surface area contributed by atoms with E-state index in [9.17, 15) is 0 Å². The van der Waals surface area contributed by atoms with Gasteiger partial charge >= 0.3 is 91.0 Å². The van der Waals surface area contributed by atoms with Gasteiger partial charge in [0.2, 0.25) is 0 Å². The fraction of sp³-hybridized carbons (Fsp3) is 0. The van der Waals surface area contributed by atoms with Gasteiger partial charge in [-0.2, -0.15) is 0 Å². The Bertz CT molecular complexity index is 6.00. The van der Waals surface area contributed by atoms with Gasteiger partial charge in [-0.15, -0.1) is 0 Å². The maximum atomic E-state index is 0. The van der Waals surface area contributed by atoms with Crippen molar-refractivity contribution in [2.45, 2.75) is 0 Å². The van der Waals surface area contributed by atoms with Crippen LogP contribution in [0.3, 0.4) is 0 Å². The summed E-state index contributed by atoms with van der Waals surface area (Å²) in [5, 5.41) is 0. The molecular formula is H4HfIrSr2. The van der Waals surface area contributed by atoms with E-state index in [1.165, 1.54) is 0 Å². The Balaban J connectivity index is 0. The van der Waals surface area contributed by atoms with Crippen LogP contribution in [0, 0.1) is 0 Å². The van der Waals surface area contributed by atoms with Gasteiger partial charge in [-0.1, -0.05) is 0 Å². The van der Waals surface area contributed by atoms with Crippen LogP contribution in [-0.2, 0) is 45.9 Å². The summed E-state index contributed by atoms with van der Waals surface area (Å²) in [7, 11) is 0. The molecule has 0 aromatic heterocycles. The molecule has 21 valence electrons. The second-order valence-electron chi connectivity index (χ2n) is 0. The van der Waals surface area contributed by atoms with E-state index in [1.54, 1.807) is 0 Å². The van der Waals surface area contributed by atoms with E-state index in [1.807, 2.05) is 0 Å². The van der Waals surface area contributed by atoms with Crippen molar-refractivity contribution in [3.63, 3.8) is 0 Å². The van der Waals surface area contributed by atoms with Gasteiger partial charge in [0.25, 0.3) is 0 Å². The van der Waals surface area contributed by atoms with Gasteiger partial charge in [0.05, 0.1) is 0 Å². The SMILES string of the molecule is [Hf].[Ir].[SrH2].[SrH2]. The molecule has 0 spiro atoms. The number of rotatable bonds is 0. The third-order valence-electron chi connectivity index (χ3n) is 0. The predicted molar refractivity (Wildman–Crippen MR) is 17.1 cm³/mol. The molecule has 0 saturated heterocycles. The predicted octanol–water partition coefficient (Wildman–Crippen LogP) is -1.84. The Morgan fingerprint density at radius 3 is 0.750 bits per heavy atom. The van der Waals surface area contributed by atoms with Crippen molar-refractivity contribution in [2.24, 2.45) is 0 Å². The van der Waals surface area contributed by atoms with Crippen LogP contribution in [0.15, 0.2) is 0 Å². The molecule has 0 fully saturated rings. The minimum absolute atomic E-state index is 0. The Kier molecular flexibility index (Phi) is 92.5. The van der Waals surface area contributed by atoms with Gasteiger partial charge in [-0.25, -0.2) is 0 Å². The standard InChI is InChI=1S/Hf.Ir.2Sr.4H. The van der Waals surface area contributed by atoms with Crippen LogP contribution < -0.4 is 0 Å². The topological polar surface area (TPSA) is 0 Å². The molecule has 0 atom stereocenters. The molecule has 0 N–H and O–H groups in total. The summed E-state index contributed by atoms with van der Waals surface area (Å²) >= 11 is 0. The fourth-order valence-corrected chi connectivity index (χ4v) is 0. The summed E-state index contributed by atoms with van der Waals surface area (Å²) in [4.78, 5) is 0. The van der Waals surface area contributed by atoms with Gasteiger partial charge < -0.3 is 0 Å². The van der Waals surface area contributed by atoms with Crippen molar-refractivity contribution in [1.82, 2.24) is 0 Å². The van der Waals surface area contributed by atoms with Crippen LogP contribution in [-0.4, -0.2) is 91.0 Å². The normalized spacial score (nSPS) is 0. The van der Waals surface area contributed by atoms with Crippen molar-refractivity contribution >= 4 is 91.0 Å². The summed E-state index contributed by atoms with van der Waals surface area (Å²) in [6.07, 6.45) is 0. The summed E-state index contributed by atoms with van der Waals surface area (Å²) in [5.41, 5.74) is 0. The van der Waals surface area contributed by atoms with Gasteiger partial charge in [0.1, 0.15) is 0 Å². The molecule has 0 nitrogen and oxygen atoms in total. The van der Waals surface area contributed by atoms with E-state index in [0.717, 1.165) is 0 Å². The van der Waals surface area contributed by atoms with E-state index < -0.39 is 0 Å². The average Bonchev–Trinajstić information content (AvgIpc) is 0. The molecule has 0 aliphatic rings. The first-order chi connectivity index (χ1) is 0. The van der Waals surface area contributed by atoms with E-state index >= 15 is 0 Å². The van der Waals surface area contributed by atoms with E-state index in [4.69, 9.17) is 0 Å². The molecule has 0 heterocycles. The Hall–Kier alpha value is 4.48. The van der Waals surface area contributed by atoms with Crippen LogP contribution in [0.25, 0.3) is 0 Å². The number of hydrogen-bond donors (Lipinski definition) is 0. The molecule has 0 saturated carbocycles. The second kappa shape index (κ2) is 15.6. The van der Waals surface area contributed by atoms with Gasteiger partial charge in [0.15, 0.2) is 0 Å². The summed E-state index contributed by atoms with van der Waals surface area (Å²) < 4.78 is 0. The summed E-state index contributed by atoms with van der Waals surface area (Å²) in [6.45, 7) is 0. The van der Waals surface area contributed by atoms with Crippen LogP contribution in [0.2, 0.25) is 0 Å². The summed E-state index contributed by atoms with van der Waals surface area (Å²) in [6, 6.07) is 0. The Morgan fingerprint density at radius 2 is 0.750 bits per heavy atom. The quantitative estimate of drug-likeness (QED) is 0.312. The van der Waals surface area contributed by atoms with Crippen molar-refractivity contribution in [1.29, 1.82) is 0 Å². The van der Waals surface area contributed by atoms with Gasteiger partial charge in [-0.3, -0.25) is 0 Å². The molecule has 0 unspecified atom stereocenters. The molecule has 0 aromatic carbocycles. The average molecular weight is 550 g/mol. The van der Waals surface area contributed by atoms with Crippen LogP contribution in [0.4, 0.5) is 0 Å². The Labute approximate surface area is 133 Å². The molecule has 0 aliphatic heterocycles. The first kappa shape index (κ1) is 23.6. The first-order valence-corrected chi connectivity index (χ1v) is 0. The first-order valence-electron chi connectivity index (χ1n) is 0. The van der Waals surface area contributed by atoms with E-state index in [0.29, 0.717) is 0 Å². The summed E-state index contributed by atoms with van der Waals surface area (Å²) in [5.74, 6) is 0.